The van der Waals surface area contributed by atoms with E-state index in [0.717, 1.165) is 17.7 Å². The maximum absolute atomic E-state index is 10.6. The van der Waals surface area contributed by atoms with Gasteiger partial charge in [0.1, 0.15) is 0 Å². The van der Waals surface area contributed by atoms with Gasteiger partial charge in [0.25, 0.3) is 0 Å². The van der Waals surface area contributed by atoms with Gasteiger partial charge in [0, 0.05) is 12.6 Å². The Hall–Kier alpha value is -1.86. The molecule has 4 heteroatoms. The molecule has 1 aromatic rings. The van der Waals surface area contributed by atoms with Gasteiger partial charge < -0.3 is 5.11 Å². The average molecular weight is 246 g/mol. The minimum Gasteiger partial charge on any atom is -0.481 e. The molecule has 1 N–H and O–H groups in total. The van der Waals surface area contributed by atoms with Crippen LogP contribution in [0.2, 0.25) is 0 Å². The van der Waals surface area contributed by atoms with Crippen molar-refractivity contribution in [3.8, 4) is 6.07 Å². The molecule has 0 radical (unpaired) electrons. The maximum Gasteiger partial charge on any atom is 0.307 e. The largest absolute Gasteiger partial charge is 0.481 e. The minimum absolute atomic E-state index is 0.0565. The molecule has 0 amide bonds. The maximum atomic E-state index is 10.6. The van der Waals surface area contributed by atoms with Gasteiger partial charge in [-0.2, -0.15) is 5.26 Å². The summed E-state index contributed by atoms with van der Waals surface area (Å²) in [4.78, 5) is 12.7. The second-order valence-electron chi connectivity index (χ2n) is 4.51. The first-order valence-electron chi connectivity index (χ1n) is 5.89. The van der Waals surface area contributed by atoms with E-state index >= 15 is 0 Å². The van der Waals surface area contributed by atoms with Gasteiger partial charge in [-0.3, -0.25) is 9.69 Å². The first-order chi connectivity index (χ1) is 8.52. The van der Waals surface area contributed by atoms with Gasteiger partial charge in [-0.15, -0.1) is 0 Å². The first kappa shape index (κ1) is 14.2. The van der Waals surface area contributed by atoms with E-state index in [1.807, 2.05) is 38.2 Å². The number of carboxylic acid groups (broad SMARTS) is 1. The fraction of sp³-hybridized carbons (Fsp3) is 0.429. The second kappa shape index (κ2) is 6.77. The third-order valence-electron chi connectivity index (χ3n) is 2.95. The summed E-state index contributed by atoms with van der Waals surface area (Å²) in [5.41, 5.74) is 1.93. The molecular formula is C14H18N2O2. The van der Waals surface area contributed by atoms with E-state index in [9.17, 15) is 4.79 Å². The summed E-state index contributed by atoms with van der Waals surface area (Å²) in [6.07, 6.45) is 0.564. The zero-order valence-corrected chi connectivity index (χ0v) is 10.8. The molecule has 4 nitrogen and oxygen atoms in total. The number of aliphatic carboxylic acids is 1. The predicted octanol–water partition coefficient (Wildman–Crippen LogP) is 2.05. The molecule has 1 aromatic carbocycles. The lowest BCUT2D eigenvalue weighted by Gasteiger charge is -2.22. The van der Waals surface area contributed by atoms with E-state index in [1.54, 1.807) is 0 Å². The Morgan fingerprint density at radius 3 is 2.44 bits per heavy atom. The van der Waals surface area contributed by atoms with Crippen molar-refractivity contribution in [3.63, 3.8) is 0 Å². The number of benzene rings is 1. The first-order valence-corrected chi connectivity index (χ1v) is 5.89. The molecule has 0 aliphatic rings. The molecule has 1 atom stereocenters. The summed E-state index contributed by atoms with van der Waals surface area (Å²) in [7, 11) is 1.98. The van der Waals surface area contributed by atoms with Crippen LogP contribution in [-0.2, 0) is 17.8 Å². The fourth-order valence-corrected chi connectivity index (χ4v) is 1.67. The summed E-state index contributed by atoms with van der Waals surface area (Å²) >= 11 is 0. The Morgan fingerprint density at radius 1 is 1.39 bits per heavy atom. The summed E-state index contributed by atoms with van der Waals surface area (Å²) in [6.45, 7) is 2.78. The van der Waals surface area contributed by atoms with Crippen LogP contribution in [0.3, 0.4) is 0 Å². The third-order valence-corrected chi connectivity index (χ3v) is 2.95. The Labute approximate surface area is 107 Å². The molecule has 0 aliphatic heterocycles. The monoisotopic (exact) mass is 246 g/mol. The van der Waals surface area contributed by atoms with Gasteiger partial charge in [-0.1, -0.05) is 24.3 Å². The SMILES string of the molecule is CC(CC#N)N(C)Cc1ccc(CC(=O)O)cc1. The highest BCUT2D eigenvalue weighted by Crippen LogP contribution is 2.10. The summed E-state index contributed by atoms with van der Waals surface area (Å²) < 4.78 is 0. The highest BCUT2D eigenvalue weighted by Gasteiger charge is 2.09. The van der Waals surface area contributed by atoms with Gasteiger partial charge in [0.2, 0.25) is 0 Å². The number of hydrogen-bond acceptors (Lipinski definition) is 3. The van der Waals surface area contributed by atoms with E-state index < -0.39 is 5.97 Å². The van der Waals surface area contributed by atoms with Crippen molar-refractivity contribution < 1.29 is 9.90 Å². The number of rotatable bonds is 6. The van der Waals surface area contributed by atoms with Gasteiger partial charge in [0.05, 0.1) is 18.9 Å². The van der Waals surface area contributed by atoms with Crippen LogP contribution in [0.5, 0.6) is 0 Å². The van der Waals surface area contributed by atoms with Crippen molar-refractivity contribution in [3.05, 3.63) is 35.4 Å². The van der Waals surface area contributed by atoms with E-state index in [4.69, 9.17) is 10.4 Å². The van der Waals surface area contributed by atoms with Crippen LogP contribution < -0.4 is 0 Å². The molecule has 0 fully saturated rings. The van der Waals surface area contributed by atoms with Crippen LogP contribution in [0.25, 0.3) is 0 Å². The molecule has 0 saturated heterocycles. The second-order valence-corrected chi connectivity index (χ2v) is 4.51. The van der Waals surface area contributed by atoms with Crippen LogP contribution in [0.1, 0.15) is 24.5 Å². The van der Waals surface area contributed by atoms with Crippen LogP contribution in [-0.4, -0.2) is 29.1 Å². The molecule has 18 heavy (non-hydrogen) atoms. The molecule has 0 heterocycles. The van der Waals surface area contributed by atoms with Crippen molar-refractivity contribution in [1.82, 2.24) is 4.90 Å². The number of carbonyl (C=O) groups is 1. The summed E-state index contributed by atoms with van der Waals surface area (Å²) in [5, 5.41) is 17.3. The fourth-order valence-electron chi connectivity index (χ4n) is 1.67. The van der Waals surface area contributed by atoms with Gasteiger partial charge in [-0.25, -0.2) is 0 Å². The highest BCUT2D eigenvalue weighted by atomic mass is 16.4. The number of hydrogen-bond donors (Lipinski definition) is 1. The molecule has 0 aromatic heterocycles. The van der Waals surface area contributed by atoms with Crippen LogP contribution in [0, 0.1) is 11.3 Å². The van der Waals surface area contributed by atoms with Crippen molar-refractivity contribution in [2.24, 2.45) is 0 Å². The number of carboxylic acids is 1. The third kappa shape index (κ3) is 4.56. The highest BCUT2D eigenvalue weighted by molar-refractivity contribution is 5.70. The zero-order valence-electron chi connectivity index (χ0n) is 10.8. The van der Waals surface area contributed by atoms with Crippen LogP contribution in [0.4, 0.5) is 0 Å². The smallest absolute Gasteiger partial charge is 0.307 e. The van der Waals surface area contributed by atoms with Crippen molar-refractivity contribution in [1.29, 1.82) is 5.26 Å². The molecule has 96 valence electrons. The molecule has 0 aliphatic carbocycles. The summed E-state index contributed by atoms with van der Waals surface area (Å²) in [6, 6.07) is 9.93. The van der Waals surface area contributed by atoms with Gasteiger partial charge in [0.15, 0.2) is 0 Å². The minimum atomic E-state index is -0.817. The topological polar surface area (TPSA) is 64.3 Å². The molecule has 0 saturated carbocycles. The normalized spacial score (nSPS) is 12.1. The van der Waals surface area contributed by atoms with E-state index in [0.29, 0.717) is 6.42 Å². The number of nitrogens with zero attached hydrogens (tertiary/aromatic N) is 2. The average Bonchev–Trinajstić information content (AvgIpc) is 2.31. The molecule has 0 spiro atoms. The lowest BCUT2D eigenvalue weighted by molar-refractivity contribution is -0.136. The Kier molecular flexibility index (Phi) is 5.34. The Morgan fingerprint density at radius 2 is 1.94 bits per heavy atom. The molecular weight excluding hydrogens is 228 g/mol. The summed E-state index contributed by atoms with van der Waals surface area (Å²) in [5.74, 6) is -0.817. The zero-order chi connectivity index (χ0) is 13.5. The number of nitriles is 1. The lowest BCUT2D eigenvalue weighted by atomic mass is 10.1. The van der Waals surface area contributed by atoms with Crippen LogP contribution in [0.15, 0.2) is 24.3 Å². The van der Waals surface area contributed by atoms with Crippen molar-refractivity contribution in [2.75, 3.05) is 7.05 Å². The molecule has 0 bridgehead atoms. The van der Waals surface area contributed by atoms with Crippen molar-refractivity contribution >= 4 is 5.97 Å². The Bertz CT molecular complexity index is 434. The van der Waals surface area contributed by atoms with Gasteiger partial charge in [-0.05, 0) is 25.1 Å². The van der Waals surface area contributed by atoms with Crippen molar-refractivity contribution in [2.45, 2.75) is 32.4 Å². The standard InChI is InChI=1S/C14H18N2O2/c1-11(7-8-15)16(2)10-13-5-3-12(4-6-13)9-14(17)18/h3-6,11H,7,9-10H2,1-2H3,(H,17,18). The Balaban J connectivity index is 2.58. The molecule has 1 unspecified atom stereocenters. The van der Waals surface area contributed by atoms with Gasteiger partial charge >= 0.3 is 5.97 Å². The van der Waals surface area contributed by atoms with E-state index in [1.165, 1.54) is 0 Å². The lowest BCUT2D eigenvalue weighted by Crippen LogP contribution is -2.28. The quantitative estimate of drug-likeness (QED) is 0.834. The van der Waals surface area contributed by atoms with E-state index in [-0.39, 0.29) is 12.5 Å². The molecule has 1 rings (SSSR count). The predicted molar refractivity (Wildman–Crippen MR) is 68.9 cm³/mol. The van der Waals surface area contributed by atoms with E-state index in [2.05, 4.69) is 11.0 Å². The van der Waals surface area contributed by atoms with Crippen LogP contribution >= 0.6 is 0 Å².